The van der Waals surface area contributed by atoms with Crippen molar-refractivity contribution in [1.82, 2.24) is 15.1 Å². The Bertz CT molecular complexity index is 703. The summed E-state index contributed by atoms with van der Waals surface area (Å²) < 4.78 is 11.3. The van der Waals surface area contributed by atoms with Crippen LogP contribution in [0.25, 0.3) is 0 Å². The molecule has 1 aromatic carbocycles. The molecule has 1 saturated heterocycles. The number of unbranched alkanes of at least 4 members (excludes halogenated alkanes) is 1. The molecule has 1 atom stereocenters. The van der Waals surface area contributed by atoms with Gasteiger partial charge in [0.25, 0.3) is 0 Å². The van der Waals surface area contributed by atoms with Gasteiger partial charge in [0.1, 0.15) is 11.9 Å². The van der Waals surface area contributed by atoms with Crippen LogP contribution >= 0.6 is 0 Å². The van der Waals surface area contributed by atoms with E-state index in [0.717, 1.165) is 50.0 Å². The van der Waals surface area contributed by atoms with Crippen molar-refractivity contribution in [3.05, 3.63) is 29.8 Å². The van der Waals surface area contributed by atoms with Gasteiger partial charge in [0.2, 0.25) is 5.91 Å². The Morgan fingerprint density at radius 3 is 2.70 bits per heavy atom. The Labute approximate surface area is 179 Å². The number of amides is 2. The lowest BCUT2D eigenvalue weighted by Gasteiger charge is -2.32. The van der Waals surface area contributed by atoms with Crippen molar-refractivity contribution in [3.8, 4) is 5.75 Å². The molecule has 166 valence electrons. The van der Waals surface area contributed by atoms with E-state index in [9.17, 15) is 9.59 Å². The van der Waals surface area contributed by atoms with Crippen LogP contribution in [0, 0.1) is 0 Å². The number of nitrogens with one attached hydrogen (secondary N) is 1. The summed E-state index contributed by atoms with van der Waals surface area (Å²) in [6, 6.07) is 8.22. The highest BCUT2D eigenvalue weighted by Gasteiger charge is 2.27. The molecule has 1 aromatic rings. The Balaban J connectivity index is 1.52. The summed E-state index contributed by atoms with van der Waals surface area (Å²) in [5.41, 5.74) is 1.13. The van der Waals surface area contributed by atoms with Crippen molar-refractivity contribution in [2.75, 3.05) is 32.8 Å². The summed E-state index contributed by atoms with van der Waals surface area (Å²) in [4.78, 5) is 28.5. The zero-order valence-electron chi connectivity index (χ0n) is 18.3. The zero-order valence-corrected chi connectivity index (χ0v) is 18.3. The number of benzene rings is 1. The quantitative estimate of drug-likeness (QED) is 0.738. The van der Waals surface area contributed by atoms with Gasteiger partial charge in [-0.05, 0) is 38.7 Å². The number of nitrogens with zero attached hydrogens (tertiary/aromatic N) is 2. The molecule has 2 aliphatic heterocycles. The standard InChI is InChI=1S/C23H35N3O4/c1-3-5-9-20-16-25(15-18-8-6-7-10-21(18)30-20)17-22(27)24-19-11-13-26(14-12-19)23(28)29-4-2/h6-8,10,19-20H,3-5,9,11-17H2,1-2H3,(H,24,27)/t20-/m1/s1. The molecule has 2 amide bonds. The second-order valence-electron chi connectivity index (χ2n) is 8.19. The van der Waals surface area contributed by atoms with Crippen LogP contribution < -0.4 is 10.1 Å². The molecule has 7 nitrogen and oxygen atoms in total. The maximum atomic E-state index is 12.7. The van der Waals surface area contributed by atoms with E-state index in [2.05, 4.69) is 23.2 Å². The minimum absolute atomic E-state index is 0.0400. The van der Waals surface area contributed by atoms with Crippen LogP contribution in [0.5, 0.6) is 5.75 Å². The maximum absolute atomic E-state index is 12.7. The number of carbonyl (C=O) groups is 2. The number of likely N-dealkylation sites (tertiary alicyclic amines) is 1. The van der Waals surface area contributed by atoms with Crippen LogP contribution in [0.3, 0.4) is 0 Å². The lowest BCUT2D eigenvalue weighted by molar-refractivity contribution is -0.123. The smallest absolute Gasteiger partial charge is 0.409 e. The van der Waals surface area contributed by atoms with E-state index < -0.39 is 0 Å². The highest BCUT2D eigenvalue weighted by Crippen LogP contribution is 2.26. The normalized spacial score (nSPS) is 20.1. The molecule has 0 radical (unpaired) electrons. The molecule has 0 spiro atoms. The first kappa shape index (κ1) is 22.4. The number of fused-ring (bicyclic) bond motifs is 1. The van der Waals surface area contributed by atoms with Gasteiger partial charge in [-0.25, -0.2) is 4.79 Å². The van der Waals surface area contributed by atoms with Crippen molar-refractivity contribution < 1.29 is 19.1 Å². The molecular weight excluding hydrogens is 382 g/mol. The Morgan fingerprint density at radius 1 is 1.20 bits per heavy atom. The van der Waals surface area contributed by atoms with Gasteiger partial charge in [-0.1, -0.05) is 31.5 Å². The SMILES string of the molecule is CCCC[C@@H]1CN(CC(=O)NC2CCN(C(=O)OCC)CC2)Cc2ccccc2O1. The number of hydrogen-bond donors (Lipinski definition) is 1. The molecule has 7 heteroatoms. The van der Waals surface area contributed by atoms with Gasteiger partial charge in [-0.15, -0.1) is 0 Å². The van der Waals surface area contributed by atoms with Crippen molar-refractivity contribution in [2.45, 2.75) is 64.6 Å². The molecule has 30 heavy (non-hydrogen) atoms. The van der Waals surface area contributed by atoms with Crippen molar-refractivity contribution in [3.63, 3.8) is 0 Å². The van der Waals surface area contributed by atoms with E-state index in [0.29, 0.717) is 32.8 Å². The number of piperidine rings is 1. The number of rotatable bonds is 7. The predicted octanol–water partition coefficient (Wildman–Crippen LogP) is 3.18. The van der Waals surface area contributed by atoms with E-state index in [1.165, 1.54) is 0 Å². The second kappa shape index (κ2) is 11.2. The first-order valence-electron chi connectivity index (χ1n) is 11.3. The second-order valence-corrected chi connectivity index (χ2v) is 8.19. The monoisotopic (exact) mass is 417 g/mol. The third-order valence-electron chi connectivity index (χ3n) is 5.75. The average Bonchev–Trinajstić information content (AvgIpc) is 2.91. The molecule has 0 aliphatic carbocycles. The summed E-state index contributed by atoms with van der Waals surface area (Å²) in [6.45, 7) is 7.45. The molecular formula is C23H35N3O4. The summed E-state index contributed by atoms with van der Waals surface area (Å²) in [5, 5.41) is 3.16. The first-order valence-corrected chi connectivity index (χ1v) is 11.3. The van der Waals surface area contributed by atoms with Crippen LogP contribution in [0.2, 0.25) is 0 Å². The molecule has 2 heterocycles. The van der Waals surface area contributed by atoms with Crippen LogP contribution in [0.4, 0.5) is 4.79 Å². The van der Waals surface area contributed by atoms with Crippen molar-refractivity contribution in [2.24, 2.45) is 0 Å². The van der Waals surface area contributed by atoms with Crippen LogP contribution in [0.1, 0.15) is 51.5 Å². The minimum atomic E-state index is -0.261. The van der Waals surface area contributed by atoms with Gasteiger partial charge in [0.15, 0.2) is 0 Å². The van der Waals surface area contributed by atoms with Crippen LogP contribution in [-0.2, 0) is 16.1 Å². The molecule has 1 fully saturated rings. The van der Waals surface area contributed by atoms with Gasteiger partial charge in [-0.2, -0.15) is 0 Å². The number of hydrogen-bond acceptors (Lipinski definition) is 5. The predicted molar refractivity (Wildman–Crippen MR) is 115 cm³/mol. The fourth-order valence-electron chi connectivity index (χ4n) is 4.16. The maximum Gasteiger partial charge on any atom is 0.409 e. The topological polar surface area (TPSA) is 71.1 Å². The Hall–Kier alpha value is -2.28. The summed E-state index contributed by atoms with van der Waals surface area (Å²) in [6.07, 6.45) is 4.61. The fraction of sp³-hybridized carbons (Fsp3) is 0.652. The van der Waals surface area contributed by atoms with E-state index in [1.807, 2.05) is 25.1 Å². The van der Waals surface area contributed by atoms with E-state index >= 15 is 0 Å². The van der Waals surface area contributed by atoms with Gasteiger partial charge >= 0.3 is 6.09 Å². The van der Waals surface area contributed by atoms with E-state index in [4.69, 9.17) is 9.47 Å². The summed E-state index contributed by atoms with van der Waals surface area (Å²) in [5.74, 6) is 0.978. The molecule has 1 N–H and O–H groups in total. The third-order valence-corrected chi connectivity index (χ3v) is 5.75. The van der Waals surface area contributed by atoms with Crippen LogP contribution in [0.15, 0.2) is 24.3 Å². The van der Waals surface area contributed by atoms with E-state index in [1.54, 1.807) is 4.90 Å². The van der Waals surface area contributed by atoms with Crippen molar-refractivity contribution in [1.29, 1.82) is 0 Å². The largest absolute Gasteiger partial charge is 0.489 e. The highest BCUT2D eigenvalue weighted by molar-refractivity contribution is 5.78. The fourth-order valence-corrected chi connectivity index (χ4v) is 4.16. The Kier molecular flexibility index (Phi) is 8.37. The summed E-state index contributed by atoms with van der Waals surface area (Å²) in [7, 11) is 0. The molecule has 3 rings (SSSR count). The molecule has 0 aromatic heterocycles. The first-order chi connectivity index (χ1) is 14.6. The highest BCUT2D eigenvalue weighted by atomic mass is 16.6. The van der Waals surface area contributed by atoms with Gasteiger partial charge < -0.3 is 19.7 Å². The number of para-hydroxylation sites is 1. The van der Waals surface area contributed by atoms with Gasteiger partial charge in [0, 0.05) is 37.8 Å². The third kappa shape index (κ3) is 6.36. The van der Waals surface area contributed by atoms with E-state index in [-0.39, 0.29) is 24.1 Å². The lowest BCUT2D eigenvalue weighted by Crippen LogP contribution is -2.49. The Morgan fingerprint density at radius 2 is 1.97 bits per heavy atom. The zero-order chi connectivity index (χ0) is 21.3. The van der Waals surface area contributed by atoms with Crippen LogP contribution in [-0.4, -0.2) is 66.7 Å². The van der Waals surface area contributed by atoms with Gasteiger partial charge in [-0.3, -0.25) is 9.69 Å². The van der Waals surface area contributed by atoms with Crippen molar-refractivity contribution >= 4 is 12.0 Å². The van der Waals surface area contributed by atoms with Gasteiger partial charge in [0.05, 0.1) is 13.2 Å². The summed E-state index contributed by atoms with van der Waals surface area (Å²) >= 11 is 0. The minimum Gasteiger partial charge on any atom is -0.489 e. The molecule has 0 saturated carbocycles. The molecule has 0 unspecified atom stereocenters. The molecule has 0 bridgehead atoms. The number of carbonyl (C=O) groups excluding carboxylic acids is 2. The number of ether oxygens (including phenoxy) is 2. The lowest BCUT2D eigenvalue weighted by atomic mass is 10.1. The average molecular weight is 418 g/mol. The molecule has 2 aliphatic rings.